The summed E-state index contributed by atoms with van der Waals surface area (Å²) in [6.07, 6.45) is 6.53. The van der Waals surface area contributed by atoms with Crippen LogP contribution in [0.2, 0.25) is 0 Å². The molecular formula is C28H24FN3O3. The van der Waals surface area contributed by atoms with Gasteiger partial charge in [-0.05, 0) is 54.8 Å². The van der Waals surface area contributed by atoms with Gasteiger partial charge in [-0.2, -0.15) is 5.10 Å². The van der Waals surface area contributed by atoms with Crippen LogP contribution >= 0.6 is 0 Å². The van der Waals surface area contributed by atoms with Gasteiger partial charge in [-0.1, -0.05) is 30.3 Å². The Hall–Kier alpha value is -4.22. The van der Waals surface area contributed by atoms with Crippen LogP contribution in [0.3, 0.4) is 0 Å². The van der Waals surface area contributed by atoms with Crippen LogP contribution in [0.1, 0.15) is 24.1 Å². The molecule has 0 spiro atoms. The highest BCUT2D eigenvalue weighted by atomic mass is 19.1. The molecule has 5 rings (SSSR count). The Morgan fingerprint density at radius 2 is 1.94 bits per heavy atom. The lowest BCUT2D eigenvalue weighted by Gasteiger charge is -2.19. The molecule has 6 nitrogen and oxygen atoms in total. The number of anilines is 1. The first-order valence-corrected chi connectivity index (χ1v) is 11.5. The molecule has 1 unspecified atom stereocenters. The smallest absolute Gasteiger partial charge is 0.237 e. The maximum Gasteiger partial charge on any atom is 0.237 e. The van der Waals surface area contributed by atoms with Crippen molar-refractivity contribution in [2.75, 3.05) is 18.6 Å². The lowest BCUT2D eigenvalue weighted by molar-refractivity contribution is -0.117. The molecule has 1 aliphatic carbocycles. The summed E-state index contributed by atoms with van der Waals surface area (Å²) in [5.41, 5.74) is 5.62. The number of allylic oxidation sites excluding steroid dienone is 2. The van der Waals surface area contributed by atoms with Gasteiger partial charge in [0.2, 0.25) is 11.7 Å². The van der Waals surface area contributed by atoms with Crippen molar-refractivity contribution < 1.29 is 18.7 Å². The fraction of sp³-hybridized carbons (Fsp3) is 0.214. The van der Waals surface area contributed by atoms with E-state index in [1.54, 1.807) is 47.3 Å². The van der Waals surface area contributed by atoms with Crippen molar-refractivity contribution in [1.82, 2.24) is 9.78 Å². The van der Waals surface area contributed by atoms with Gasteiger partial charge in [-0.15, -0.1) is 5.73 Å². The number of ketones is 1. The van der Waals surface area contributed by atoms with Gasteiger partial charge in [0.25, 0.3) is 0 Å². The van der Waals surface area contributed by atoms with E-state index in [2.05, 4.69) is 10.8 Å². The summed E-state index contributed by atoms with van der Waals surface area (Å²) >= 11 is 0. The fourth-order valence-corrected chi connectivity index (χ4v) is 4.52. The summed E-state index contributed by atoms with van der Waals surface area (Å²) in [5, 5.41) is 4.38. The van der Waals surface area contributed by atoms with E-state index in [0.717, 1.165) is 12.1 Å². The fourth-order valence-electron chi connectivity index (χ4n) is 4.52. The standard InChI is InChI=1S/C28H24FN3O3/c1-35-25-18-19(17-20-7-5-10-24(27(20)29)31-16-6-11-26(31)33)12-13-22(28(25)34)23-14-15-30-32(23)21-8-3-2-4-9-21/h2-5,7-10,12,14-15,18-19H,6,11,16-17H2,1H3. The molecule has 7 heteroatoms. The molecule has 35 heavy (non-hydrogen) atoms. The van der Waals surface area contributed by atoms with Crippen molar-refractivity contribution in [2.45, 2.75) is 19.3 Å². The van der Waals surface area contributed by atoms with Crippen LogP contribution in [0, 0.1) is 11.7 Å². The second-order valence-electron chi connectivity index (χ2n) is 8.48. The molecule has 1 aromatic heterocycles. The highest BCUT2D eigenvalue weighted by Gasteiger charge is 2.27. The summed E-state index contributed by atoms with van der Waals surface area (Å²) < 4.78 is 22.5. The minimum absolute atomic E-state index is 0.0647. The van der Waals surface area contributed by atoms with Gasteiger partial charge in [0.05, 0.1) is 35.9 Å². The van der Waals surface area contributed by atoms with E-state index in [4.69, 9.17) is 4.74 Å². The summed E-state index contributed by atoms with van der Waals surface area (Å²) in [5.74, 6) is -0.965. The summed E-state index contributed by atoms with van der Waals surface area (Å²) in [4.78, 5) is 27.0. The summed E-state index contributed by atoms with van der Waals surface area (Å²) in [7, 11) is 1.44. The molecule has 0 saturated carbocycles. The minimum Gasteiger partial charge on any atom is -0.493 e. The number of carbonyl (C=O) groups excluding carboxylic acids is 2. The number of hydrogen-bond donors (Lipinski definition) is 0. The maximum absolute atomic E-state index is 15.4. The number of nitrogens with zero attached hydrogens (tertiary/aromatic N) is 3. The molecule has 2 heterocycles. The van der Waals surface area contributed by atoms with Gasteiger partial charge < -0.3 is 9.64 Å². The molecular weight excluding hydrogens is 445 g/mol. The van der Waals surface area contributed by atoms with Gasteiger partial charge in [0.1, 0.15) is 5.82 Å². The van der Waals surface area contributed by atoms with Crippen molar-refractivity contribution >= 4 is 23.0 Å². The van der Waals surface area contributed by atoms with E-state index in [9.17, 15) is 9.59 Å². The highest BCUT2D eigenvalue weighted by molar-refractivity contribution is 6.27. The second-order valence-corrected chi connectivity index (χ2v) is 8.48. The van der Waals surface area contributed by atoms with Gasteiger partial charge in [0, 0.05) is 18.9 Å². The van der Waals surface area contributed by atoms with Crippen LogP contribution in [-0.2, 0) is 20.7 Å². The predicted octanol–water partition coefficient (Wildman–Crippen LogP) is 4.65. The number of halogens is 1. The molecule has 0 radical (unpaired) electrons. The van der Waals surface area contributed by atoms with Crippen LogP contribution in [0.25, 0.3) is 11.3 Å². The topological polar surface area (TPSA) is 64.4 Å². The lowest BCUT2D eigenvalue weighted by atomic mass is 9.97. The first-order chi connectivity index (χ1) is 17.1. The predicted molar refractivity (Wildman–Crippen MR) is 130 cm³/mol. The Morgan fingerprint density at radius 3 is 2.69 bits per heavy atom. The maximum atomic E-state index is 15.4. The number of methoxy groups -OCH3 is 1. The van der Waals surface area contributed by atoms with Crippen LogP contribution in [0.4, 0.5) is 10.1 Å². The van der Waals surface area contributed by atoms with Crippen LogP contribution < -0.4 is 4.90 Å². The number of aromatic nitrogens is 2. The minimum atomic E-state index is -0.412. The Morgan fingerprint density at radius 1 is 1.11 bits per heavy atom. The third-order valence-corrected chi connectivity index (χ3v) is 6.26. The molecule has 2 aliphatic rings. The molecule has 0 N–H and O–H groups in total. The van der Waals surface area contributed by atoms with Crippen LogP contribution in [0.5, 0.6) is 0 Å². The Balaban J connectivity index is 1.50. The molecule has 1 atom stereocenters. The normalized spacial score (nSPS) is 17.9. The first kappa shape index (κ1) is 22.6. The lowest BCUT2D eigenvalue weighted by Crippen LogP contribution is -2.25. The summed E-state index contributed by atoms with van der Waals surface area (Å²) in [6, 6.07) is 16.4. The third kappa shape index (κ3) is 4.34. The second kappa shape index (κ2) is 9.57. The number of benzene rings is 2. The zero-order valence-electron chi connectivity index (χ0n) is 19.3. The number of hydrogen-bond acceptors (Lipinski definition) is 4. The van der Waals surface area contributed by atoms with E-state index in [-0.39, 0.29) is 23.4 Å². The number of amides is 1. The van der Waals surface area contributed by atoms with E-state index in [1.165, 1.54) is 12.0 Å². The van der Waals surface area contributed by atoms with Crippen molar-refractivity contribution in [1.29, 1.82) is 0 Å². The Bertz CT molecular complexity index is 1380. The average molecular weight is 470 g/mol. The number of para-hydroxylation sites is 1. The zero-order valence-corrected chi connectivity index (χ0v) is 19.3. The van der Waals surface area contributed by atoms with Crippen LogP contribution in [-0.4, -0.2) is 35.1 Å². The number of rotatable bonds is 6. The average Bonchev–Trinajstić information content (AvgIpc) is 3.50. The first-order valence-electron chi connectivity index (χ1n) is 11.5. The molecule has 176 valence electrons. The Kier molecular flexibility index (Phi) is 6.17. The van der Waals surface area contributed by atoms with Crippen molar-refractivity contribution in [3.63, 3.8) is 0 Å². The molecule has 1 fully saturated rings. The van der Waals surface area contributed by atoms with E-state index in [1.807, 2.05) is 30.3 Å². The van der Waals surface area contributed by atoms with E-state index in [0.29, 0.717) is 41.9 Å². The van der Waals surface area contributed by atoms with Gasteiger partial charge >= 0.3 is 0 Å². The molecule has 0 bridgehead atoms. The Labute approximate surface area is 202 Å². The van der Waals surface area contributed by atoms with Crippen molar-refractivity contribution in [2.24, 2.45) is 5.92 Å². The number of carbonyl (C=O) groups is 2. The van der Waals surface area contributed by atoms with Crippen molar-refractivity contribution in [3.8, 4) is 5.69 Å². The van der Waals surface area contributed by atoms with Gasteiger partial charge in [0.15, 0.2) is 5.76 Å². The zero-order chi connectivity index (χ0) is 24.4. The largest absolute Gasteiger partial charge is 0.493 e. The molecule has 1 saturated heterocycles. The molecule has 2 aromatic carbocycles. The molecule has 1 amide bonds. The molecule has 3 aromatic rings. The SMILES string of the molecule is COC1=CC(Cc2cccc(N3CCCC3=O)c2F)C=C=C(c2ccnn2-c2ccccc2)C1=O. The van der Waals surface area contributed by atoms with Crippen LogP contribution in [0.15, 0.2) is 84.4 Å². The van der Waals surface area contributed by atoms with E-state index < -0.39 is 5.82 Å². The van der Waals surface area contributed by atoms with Gasteiger partial charge in [-0.25, -0.2) is 9.07 Å². The van der Waals surface area contributed by atoms with E-state index >= 15 is 4.39 Å². The third-order valence-electron chi connectivity index (χ3n) is 6.26. The number of ether oxygens (including phenoxy) is 1. The quantitative estimate of drug-likeness (QED) is 0.493. The summed E-state index contributed by atoms with van der Waals surface area (Å²) in [6.45, 7) is 0.520. The van der Waals surface area contributed by atoms with Crippen molar-refractivity contribution in [3.05, 3.63) is 102 Å². The highest BCUT2D eigenvalue weighted by Crippen LogP contribution is 2.30. The molecule has 1 aliphatic heterocycles. The number of Topliss-reactive ketones (excluding diaryl/α,β-unsaturated/α-hetero) is 1. The van der Waals surface area contributed by atoms with Gasteiger partial charge in [-0.3, -0.25) is 9.59 Å². The monoisotopic (exact) mass is 469 g/mol.